The van der Waals surface area contributed by atoms with Gasteiger partial charge in [0.1, 0.15) is 18.4 Å². The minimum Gasteiger partial charge on any atom is -0.369 e. The van der Waals surface area contributed by atoms with Gasteiger partial charge in [-0.3, -0.25) is 9.79 Å². The number of hydrogen-bond donors (Lipinski definition) is 2. The maximum absolute atomic E-state index is 10.9. The van der Waals surface area contributed by atoms with Gasteiger partial charge in [0.2, 0.25) is 5.91 Å². The van der Waals surface area contributed by atoms with E-state index in [4.69, 9.17) is 5.73 Å². The van der Waals surface area contributed by atoms with Gasteiger partial charge in [-0.25, -0.2) is 4.99 Å². The Balaban J connectivity index is 2.33. The van der Waals surface area contributed by atoms with Gasteiger partial charge >= 0.3 is 0 Å². The molecule has 0 aromatic carbocycles. The number of aliphatic imine (C=N–C) groups is 2. The lowest BCUT2D eigenvalue weighted by molar-refractivity contribution is -0.118. The molecule has 5 nitrogen and oxygen atoms in total. The fraction of sp³-hybridized carbons (Fsp3) is 0.286. The molecule has 0 fully saturated rings. The third-order valence-electron chi connectivity index (χ3n) is 1.84. The van der Waals surface area contributed by atoms with Crippen molar-refractivity contribution in [2.75, 3.05) is 6.67 Å². The predicted molar refractivity (Wildman–Crippen MR) is 44.7 cm³/mol. The summed E-state index contributed by atoms with van der Waals surface area (Å²) in [5, 5.41) is 2.94. The van der Waals surface area contributed by atoms with Gasteiger partial charge in [-0.05, 0) is 0 Å². The average molecular weight is 164 g/mol. The maximum Gasteiger partial charge on any atom is 0.230 e. The predicted octanol–water partition coefficient (Wildman–Crippen LogP) is -0.985. The highest BCUT2D eigenvalue weighted by Crippen LogP contribution is 2.19. The summed E-state index contributed by atoms with van der Waals surface area (Å²) in [7, 11) is 0. The molecule has 0 aromatic heterocycles. The quantitative estimate of drug-likeness (QED) is 0.522. The summed E-state index contributed by atoms with van der Waals surface area (Å²) in [5.74, 6) is -0.0794. The lowest BCUT2D eigenvalue weighted by Crippen LogP contribution is -2.27. The van der Waals surface area contributed by atoms with E-state index >= 15 is 0 Å². The van der Waals surface area contributed by atoms with E-state index in [1.807, 2.05) is 0 Å². The van der Waals surface area contributed by atoms with Crippen LogP contribution >= 0.6 is 0 Å². The highest BCUT2D eigenvalue weighted by Gasteiger charge is 2.26. The minimum atomic E-state index is -0.406. The van der Waals surface area contributed by atoms with Crippen molar-refractivity contribution in [1.29, 1.82) is 0 Å². The number of primary amides is 1. The highest BCUT2D eigenvalue weighted by atomic mass is 16.1. The minimum absolute atomic E-state index is 0.390. The lowest BCUT2D eigenvalue weighted by Gasteiger charge is -2.10. The Morgan fingerprint density at radius 3 is 3.33 bits per heavy atom. The zero-order valence-corrected chi connectivity index (χ0v) is 6.32. The molecule has 1 unspecified atom stereocenters. The highest BCUT2D eigenvalue weighted by molar-refractivity contribution is 6.05. The molecule has 3 N–H and O–H groups in total. The van der Waals surface area contributed by atoms with Crippen molar-refractivity contribution in [2.45, 2.75) is 0 Å². The van der Waals surface area contributed by atoms with E-state index in [0.717, 1.165) is 5.57 Å². The molecular weight excluding hydrogens is 156 g/mol. The summed E-state index contributed by atoms with van der Waals surface area (Å²) in [6.45, 7) is 0.516. The number of amides is 1. The number of nitrogens with zero attached hydrogens (tertiary/aromatic N) is 2. The molecule has 2 rings (SSSR count). The van der Waals surface area contributed by atoms with Crippen molar-refractivity contribution in [3.63, 3.8) is 0 Å². The van der Waals surface area contributed by atoms with Gasteiger partial charge < -0.3 is 11.1 Å². The number of carbonyl (C=O) groups excluding carboxylic acids is 1. The van der Waals surface area contributed by atoms with Gasteiger partial charge in [0.05, 0.1) is 0 Å². The fourth-order valence-corrected chi connectivity index (χ4v) is 1.23. The molecule has 5 heteroatoms. The molecule has 62 valence electrons. The number of nitrogens with one attached hydrogen (secondary N) is 1. The van der Waals surface area contributed by atoms with Gasteiger partial charge in [-0.1, -0.05) is 0 Å². The first kappa shape index (κ1) is 7.02. The molecule has 0 saturated heterocycles. The Kier molecular flexibility index (Phi) is 1.43. The van der Waals surface area contributed by atoms with E-state index in [1.54, 1.807) is 6.21 Å². The fourth-order valence-electron chi connectivity index (χ4n) is 1.23. The SMILES string of the molecule is NC(=O)C1C=NC2=C1C=NCN2. The Morgan fingerprint density at radius 2 is 2.58 bits per heavy atom. The normalized spacial score (nSPS) is 25.5. The molecule has 0 aliphatic carbocycles. The van der Waals surface area contributed by atoms with Crippen LogP contribution in [0.25, 0.3) is 0 Å². The lowest BCUT2D eigenvalue weighted by atomic mass is 10.0. The van der Waals surface area contributed by atoms with Crippen molar-refractivity contribution >= 4 is 18.3 Å². The van der Waals surface area contributed by atoms with Crippen molar-refractivity contribution in [3.8, 4) is 0 Å². The Labute approximate surface area is 69.1 Å². The first-order valence-corrected chi connectivity index (χ1v) is 3.60. The van der Waals surface area contributed by atoms with Crippen molar-refractivity contribution in [2.24, 2.45) is 21.6 Å². The number of rotatable bonds is 1. The molecule has 2 heterocycles. The van der Waals surface area contributed by atoms with Gasteiger partial charge in [0.25, 0.3) is 0 Å². The van der Waals surface area contributed by atoms with E-state index in [0.29, 0.717) is 12.5 Å². The number of nitrogens with two attached hydrogens (primary N) is 1. The second-order valence-electron chi connectivity index (χ2n) is 2.61. The molecule has 0 aromatic rings. The standard InChI is InChI=1S/C7H8N4O/c8-6(12)4-2-10-7-5(4)1-9-3-11-7/h1-2,4,11H,3H2,(H2,8,12). The van der Waals surface area contributed by atoms with Crippen LogP contribution in [0.3, 0.4) is 0 Å². The van der Waals surface area contributed by atoms with Crippen LogP contribution in [0.15, 0.2) is 21.4 Å². The Bertz CT molecular complexity index is 315. The van der Waals surface area contributed by atoms with E-state index in [-0.39, 0.29) is 5.91 Å². The summed E-state index contributed by atoms with van der Waals surface area (Å²) < 4.78 is 0. The Hall–Kier alpha value is -1.65. The monoisotopic (exact) mass is 164 g/mol. The van der Waals surface area contributed by atoms with Crippen LogP contribution in [0.2, 0.25) is 0 Å². The van der Waals surface area contributed by atoms with Gasteiger partial charge in [0, 0.05) is 18.0 Å². The van der Waals surface area contributed by atoms with E-state index in [1.165, 1.54) is 6.21 Å². The smallest absolute Gasteiger partial charge is 0.230 e. The number of hydrogen-bond acceptors (Lipinski definition) is 4. The van der Waals surface area contributed by atoms with Gasteiger partial charge in [-0.2, -0.15) is 0 Å². The van der Waals surface area contributed by atoms with E-state index < -0.39 is 5.92 Å². The maximum atomic E-state index is 10.9. The molecule has 1 amide bonds. The van der Waals surface area contributed by atoms with Crippen molar-refractivity contribution in [3.05, 3.63) is 11.4 Å². The second-order valence-corrected chi connectivity index (χ2v) is 2.61. The van der Waals surface area contributed by atoms with Crippen LogP contribution in [0.1, 0.15) is 0 Å². The van der Waals surface area contributed by atoms with Crippen LogP contribution in [-0.4, -0.2) is 25.0 Å². The van der Waals surface area contributed by atoms with E-state index in [2.05, 4.69) is 15.3 Å². The molecule has 2 aliphatic rings. The zero-order valence-electron chi connectivity index (χ0n) is 6.32. The summed E-state index contributed by atoms with van der Waals surface area (Å²) >= 11 is 0. The first-order chi connectivity index (χ1) is 5.79. The summed E-state index contributed by atoms with van der Waals surface area (Å²) in [6.07, 6.45) is 3.19. The van der Waals surface area contributed by atoms with Crippen LogP contribution < -0.4 is 11.1 Å². The van der Waals surface area contributed by atoms with Crippen LogP contribution in [0.4, 0.5) is 0 Å². The van der Waals surface area contributed by atoms with E-state index in [9.17, 15) is 4.79 Å². The second kappa shape index (κ2) is 2.44. The van der Waals surface area contributed by atoms with Crippen molar-refractivity contribution < 1.29 is 4.79 Å². The molecule has 12 heavy (non-hydrogen) atoms. The van der Waals surface area contributed by atoms with Gasteiger partial charge in [0.15, 0.2) is 0 Å². The zero-order chi connectivity index (χ0) is 8.55. The Morgan fingerprint density at radius 1 is 1.75 bits per heavy atom. The van der Waals surface area contributed by atoms with Gasteiger partial charge in [-0.15, -0.1) is 0 Å². The molecule has 1 atom stereocenters. The van der Waals surface area contributed by atoms with Crippen LogP contribution in [-0.2, 0) is 4.79 Å². The molecule has 0 saturated carbocycles. The summed E-state index contributed by atoms with van der Waals surface area (Å²) in [5.41, 5.74) is 5.92. The molecule has 2 aliphatic heterocycles. The largest absolute Gasteiger partial charge is 0.369 e. The molecular formula is C7H8N4O. The summed E-state index contributed by atoms with van der Waals surface area (Å²) in [6, 6.07) is 0. The number of carbonyl (C=O) groups is 1. The average Bonchev–Trinajstić information content (AvgIpc) is 2.47. The third kappa shape index (κ3) is 0.903. The first-order valence-electron chi connectivity index (χ1n) is 3.60. The van der Waals surface area contributed by atoms with Crippen LogP contribution in [0, 0.1) is 5.92 Å². The molecule has 0 spiro atoms. The molecule has 0 bridgehead atoms. The summed E-state index contributed by atoms with van der Waals surface area (Å²) in [4.78, 5) is 18.8. The molecule has 0 radical (unpaired) electrons. The van der Waals surface area contributed by atoms with Crippen molar-refractivity contribution in [1.82, 2.24) is 5.32 Å². The van der Waals surface area contributed by atoms with Crippen LogP contribution in [0.5, 0.6) is 0 Å². The topological polar surface area (TPSA) is 79.8 Å². The third-order valence-corrected chi connectivity index (χ3v) is 1.84.